The number of cyclic esters (lactones) is 1. The van der Waals surface area contributed by atoms with Crippen molar-refractivity contribution in [2.75, 3.05) is 6.61 Å². The molecule has 0 unspecified atom stereocenters. The summed E-state index contributed by atoms with van der Waals surface area (Å²) in [5.74, 6) is -0.155. The zero-order valence-electron chi connectivity index (χ0n) is 9.81. The Hall–Kier alpha value is -1.18. The van der Waals surface area contributed by atoms with Crippen molar-refractivity contribution in [3.05, 3.63) is 34.3 Å². The van der Waals surface area contributed by atoms with Crippen LogP contribution in [0.2, 0.25) is 0 Å². The molecule has 0 aliphatic carbocycles. The topological polar surface area (TPSA) is 44.1 Å². The van der Waals surface area contributed by atoms with E-state index in [9.17, 15) is 4.79 Å². The number of ether oxygens (including phenoxy) is 1. The van der Waals surface area contributed by atoms with E-state index in [2.05, 4.69) is 5.10 Å². The third kappa shape index (κ3) is 2.72. The van der Waals surface area contributed by atoms with Gasteiger partial charge < -0.3 is 4.74 Å². The maximum Gasteiger partial charge on any atom is 0.319 e. The van der Waals surface area contributed by atoms with E-state index in [1.165, 1.54) is 23.1 Å². The van der Waals surface area contributed by atoms with Crippen molar-refractivity contribution in [2.24, 2.45) is 0 Å². The maximum absolute atomic E-state index is 11.4. The summed E-state index contributed by atoms with van der Waals surface area (Å²) in [5, 5.41) is 4.32. The van der Waals surface area contributed by atoms with Crippen LogP contribution < -0.4 is 0 Å². The molecule has 0 bridgehead atoms. The molecule has 19 heavy (non-hydrogen) atoms. The number of aromatic nitrogens is 2. The Labute approximate surface area is 123 Å². The first-order valence-electron chi connectivity index (χ1n) is 5.73. The number of thioether (sulfide) groups is 1. The van der Waals surface area contributed by atoms with Gasteiger partial charge in [-0.25, -0.2) is 4.68 Å². The number of nitrogens with zero attached hydrogens (tertiary/aromatic N) is 2. The lowest BCUT2D eigenvalue weighted by atomic mass is 10.3. The first-order valence-corrected chi connectivity index (χ1v) is 7.83. The number of carbonyl (C=O) groups is 1. The highest BCUT2D eigenvalue weighted by Crippen LogP contribution is 2.32. The summed E-state index contributed by atoms with van der Waals surface area (Å²) in [7, 11) is 0. The van der Waals surface area contributed by atoms with E-state index < -0.39 is 0 Å². The molecule has 0 amide bonds. The lowest BCUT2D eigenvalue weighted by molar-refractivity contribution is -0.137. The van der Waals surface area contributed by atoms with Crippen molar-refractivity contribution in [2.45, 2.75) is 16.0 Å². The predicted molar refractivity (Wildman–Crippen MR) is 77.5 cm³/mol. The molecule has 1 aromatic heterocycles. The van der Waals surface area contributed by atoms with Gasteiger partial charge in [0.1, 0.15) is 5.25 Å². The average Bonchev–Trinajstić information content (AvgIpc) is 2.98. The van der Waals surface area contributed by atoms with Gasteiger partial charge in [0.2, 0.25) is 0 Å². The van der Waals surface area contributed by atoms with Crippen LogP contribution >= 0.6 is 35.3 Å². The number of hydrogen-bond donors (Lipinski definition) is 0. The largest absolute Gasteiger partial charge is 0.465 e. The van der Waals surface area contributed by atoms with E-state index in [4.69, 9.17) is 17.0 Å². The molecular formula is C12H10N2O2S3. The standard InChI is InChI=1S/C12H10N2O2S3/c15-10-9(6-7-16-10)18-11-13-14(12(17)19-11)8-4-2-1-3-5-8/h1-5,9H,6-7H2/t9-/m0/s1. The van der Waals surface area contributed by atoms with Crippen LogP contribution in [0.5, 0.6) is 0 Å². The van der Waals surface area contributed by atoms with Crippen molar-refractivity contribution in [1.29, 1.82) is 0 Å². The molecule has 0 N–H and O–H groups in total. The zero-order chi connectivity index (χ0) is 13.2. The summed E-state index contributed by atoms with van der Waals surface area (Å²) < 4.78 is 8.15. The first kappa shape index (κ1) is 12.8. The van der Waals surface area contributed by atoms with Crippen LogP contribution in [0.3, 0.4) is 0 Å². The van der Waals surface area contributed by atoms with Gasteiger partial charge >= 0.3 is 5.97 Å². The highest BCUT2D eigenvalue weighted by atomic mass is 32.2. The van der Waals surface area contributed by atoms with Gasteiger partial charge in [0, 0.05) is 6.42 Å². The average molecular weight is 310 g/mol. The highest BCUT2D eigenvalue weighted by molar-refractivity contribution is 8.02. The molecule has 4 nitrogen and oxygen atoms in total. The Morgan fingerprint density at radius 3 is 2.89 bits per heavy atom. The van der Waals surface area contributed by atoms with Crippen LogP contribution in [0.15, 0.2) is 34.7 Å². The molecule has 98 valence electrons. The molecule has 1 aliphatic heterocycles. The van der Waals surface area contributed by atoms with Crippen LogP contribution in [-0.2, 0) is 9.53 Å². The van der Waals surface area contributed by atoms with E-state index >= 15 is 0 Å². The van der Waals surface area contributed by atoms with Gasteiger partial charge in [0.25, 0.3) is 0 Å². The summed E-state index contributed by atoms with van der Waals surface area (Å²) in [6.07, 6.45) is 0.737. The number of carbonyl (C=O) groups excluding carboxylic acids is 1. The fourth-order valence-electron chi connectivity index (χ4n) is 1.75. The summed E-state index contributed by atoms with van der Waals surface area (Å²) >= 11 is 8.17. The molecule has 7 heteroatoms. The molecule has 2 heterocycles. The van der Waals surface area contributed by atoms with Crippen molar-refractivity contribution >= 4 is 41.3 Å². The van der Waals surface area contributed by atoms with Crippen molar-refractivity contribution in [3.8, 4) is 5.69 Å². The minimum absolute atomic E-state index is 0.148. The molecule has 0 saturated carbocycles. The lowest BCUT2D eigenvalue weighted by Crippen LogP contribution is -2.09. The smallest absolute Gasteiger partial charge is 0.319 e. The minimum atomic E-state index is -0.155. The van der Waals surface area contributed by atoms with Crippen molar-refractivity contribution < 1.29 is 9.53 Å². The van der Waals surface area contributed by atoms with Gasteiger partial charge in [-0.1, -0.05) is 41.3 Å². The van der Waals surface area contributed by atoms with Gasteiger partial charge in [-0.3, -0.25) is 4.79 Å². The Balaban J connectivity index is 1.86. The fraction of sp³-hybridized carbons (Fsp3) is 0.250. The van der Waals surface area contributed by atoms with Gasteiger partial charge in [0.15, 0.2) is 8.29 Å². The van der Waals surface area contributed by atoms with E-state index in [1.54, 1.807) is 4.68 Å². The van der Waals surface area contributed by atoms with Crippen LogP contribution in [0.1, 0.15) is 6.42 Å². The third-order valence-corrected chi connectivity index (χ3v) is 5.22. The molecule has 1 aliphatic rings. The van der Waals surface area contributed by atoms with Crippen LogP contribution in [-0.4, -0.2) is 27.6 Å². The van der Waals surface area contributed by atoms with Gasteiger partial charge in [-0.15, -0.1) is 5.10 Å². The number of para-hydroxylation sites is 1. The molecule has 3 rings (SSSR count). The third-order valence-electron chi connectivity index (χ3n) is 2.66. The number of hydrogen-bond acceptors (Lipinski definition) is 6. The SMILES string of the molecule is O=C1OCC[C@@H]1Sc1nn(-c2ccccc2)c(=S)s1. The normalized spacial score (nSPS) is 18.5. The molecule has 0 spiro atoms. The van der Waals surface area contributed by atoms with Crippen LogP contribution in [0, 0.1) is 3.95 Å². The van der Waals surface area contributed by atoms with E-state index in [1.807, 2.05) is 30.3 Å². The van der Waals surface area contributed by atoms with Crippen molar-refractivity contribution in [3.63, 3.8) is 0 Å². The molecule has 1 aromatic carbocycles. The summed E-state index contributed by atoms with van der Waals surface area (Å²) in [5.41, 5.74) is 0.935. The fourth-order valence-corrected chi connectivity index (χ4v) is 4.32. The monoisotopic (exact) mass is 310 g/mol. The first-order chi connectivity index (χ1) is 9.24. The number of benzene rings is 1. The second kappa shape index (κ2) is 5.44. The van der Waals surface area contributed by atoms with Crippen LogP contribution in [0.4, 0.5) is 0 Å². The second-order valence-corrected chi connectivity index (χ2v) is 7.02. The summed E-state index contributed by atoms with van der Waals surface area (Å²) in [6.45, 7) is 0.501. The Morgan fingerprint density at radius 1 is 1.42 bits per heavy atom. The number of esters is 1. The van der Waals surface area contributed by atoms with E-state index in [-0.39, 0.29) is 11.2 Å². The summed E-state index contributed by atoms with van der Waals surface area (Å²) in [4.78, 5) is 11.4. The lowest BCUT2D eigenvalue weighted by Gasteiger charge is -2.01. The number of rotatable bonds is 3. The Morgan fingerprint density at radius 2 is 2.21 bits per heavy atom. The molecule has 1 fully saturated rings. The maximum atomic E-state index is 11.4. The second-order valence-electron chi connectivity index (χ2n) is 3.94. The minimum Gasteiger partial charge on any atom is -0.465 e. The Bertz CT molecular complexity index is 650. The molecular weight excluding hydrogens is 300 g/mol. The molecule has 1 saturated heterocycles. The molecule has 0 radical (unpaired) electrons. The van der Waals surface area contributed by atoms with Crippen molar-refractivity contribution in [1.82, 2.24) is 9.78 Å². The summed E-state index contributed by atoms with van der Waals surface area (Å²) in [6, 6.07) is 9.74. The van der Waals surface area contributed by atoms with E-state index in [0.29, 0.717) is 10.6 Å². The van der Waals surface area contributed by atoms with Gasteiger partial charge in [0.05, 0.1) is 12.3 Å². The molecule has 2 aromatic rings. The predicted octanol–water partition coefficient (Wildman–Crippen LogP) is 3.07. The van der Waals surface area contributed by atoms with Gasteiger partial charge in [-0.2, -0.15) is 0 Å². The quantitative estimate of drug-likeness (QED) is 0.644. The zero-order valence-corrected chi connectivity index (χ0v) is 12.3. The van der Waals surface area contributed by atoms with Gasteiger partial charge in [-0.05, 0) is 24.4 Å². The van der Waals surface area contributed by atoms with E-state index in [0.717, 1.165) is 16.4 Å². The van der Waals surface area contributed by atoms with Crippen LogP contribution in [0.25, 0.3) is 5.69 Å². The highest BCUT2D eigenvalue weighted by Gasteiger charge is 2.28. The molecule has 1 atom stereocenters. The Kier molecular flexibility index (Phi) is 3.67.